The Labute approximate surface area is 109 Å². The van der Waals surface area contributed by atoms with Crippen LogP contribution < -0.4 is 16.7 Å². The second-order valence-corrected chi connectivity index (χ2v) is 4.14. The largest absolute Gasteiger partial charge is 0.381 e. The molecule has 0 fully saturated rings. The van der Waals surface area contributed by atoms with E-state index in [0.717, 1.165) is 11.3 Å². The Morgan fingerprint density at radius 2 is 2.28 bits per heavy atom. The number of nitrogens with one attached hydrogen (secondary N) is 2. The summed E-state index contributed by atoms with van der Waals surface area (Å²) in [5.41, 5.74) is 7.25. The van der Waals surface area contributed by atoms with Gasteiger partial charge in [-0.25, -0.2) is 4.79 Å². The van der Waals surface area contributed by atoms with Crippen molar-refractivity contribution in [1.82, 2.24) is 9.97 Å². The van der Waals surface area contributed by atoms with E-state index in [-0.39, 0.29) is 0 Å². The lowest BCUT2D eigenvalue weighted by molar-refractivity contribution is 1.01. The predicted molar refractivity (Wildman–Crippen MR) is 72.8 cm³/mol. The molecule has 0 bridgehead atoms. The van der Waals surface area contributed by atoms with Crippen LogP contribution in [0.3, 0.4) is 0 Å². The summed E-state index contributed by atoms with van der Waals surface area (Å²) in [5, 5.41) is 3.71. The van der Waals surface area contributed by atoms with Gasteiger partial charge in [-0.1, -0.05) is 23.7 Å². The summed E-state index contributed by atoms with van der Waals surface area (Å²) in [4.78, 5) is 17.7. The van der Waals surface area contributed by atoms with Crippen molar-refractivity contribution in [1.29, 1.82) is 0 Å². The minimum Gasteiger partial charge on any atom is -0.381 e. The zero-order chi connectivity index (χ0) is 13.0. The molecule has 6 heteroatoms. The van der Waals surface area contributed by atoms with Crippen molar-refractivity contribution in [2.45, 2.75) is 0 Å². The number of benzene rings is 1. The lowest BCUT2D eigenvalue weighted by atomic mass is 10.1. The molecule has 0 atom stereocenters. The van der Waals surface area contributed by atoms with Gasteiger partial charge >= 0.3 is 5.69 Å². The van der Waals surface area contributed by atoms with Crippen molar-refractivity contribution in [2.75, 3.05) is 18.4 Å². The number of nitrogens with zero attached hydrogens (tertiary/aromatic N) is 1. The fourth-order valence-electron chi connectivity index (χ4n) is 1.61. The van der Waals surface area contributed by atoms with Crippen LogP contribution in [0.5, 0.6) is 0 Å². The molecule has 18 heavy (non-hydrogen) atoms. The maximum atomic E-state index is 11.3. The Balaban J connectivity index is 2.47. The number of rotatable bonds is 4. The van der Waals surface area contributed by atoms with Crippen LogP contribution in [0, 0.1) is 0 Å². The molecule has 0 spiro atoms. The molecule has 0 aliphatic rings. The van der Waals surface area contributed by atoms with E-state index in [0.29, 0.717) is 23.8 Å². The minimum atomic E-state index is -0.400. The topological polar surface area (TPSA) is 83.8 Å². The summed E-state index contributed by atoms with van der Waals surface area (Å²) >= 11 is 5.94. The second-order valence-electron chi connectivity index (χ2n) is 3.70. The Morgan fingerprint density at radius 1 is 1.44 bits per heavy atom. The lowest BCUT2D eigenvalue weighted by Gasteiger charge is -2.10. The Kier molecular flexibility index (Phi) is 3.96. The number of hydrogen-bond donors (Lipinski definition) is 3. The lowest BCUT2D eigenvalue weighted by Crippen LogP contribution is -2.17. The van der Waals surface area contributed by atoms with Crippen LogP contribution in [0.4, 0.5) is 5.69 Å². The molecule has 0 radical (unpaired) electrons. The number of hydrogen-bond acceptors (Lipinski definition) is 4. The molecule has 2 aromatic rings. The van der Waals surface area contributed by atoms with E-state index in [1.807, 2.05) is 12.1 Å². The van der Waals surface area contributed by atoms with Crippen LogP contribution in [0.2, 0.25) is 5.02 Å². The fraction of sp³-hybridized carbons (Fsp3) is 0.167. The number of anilines is 1. The van der Waals surface area contributed by atoms with Gasteiger partial charge in [-0.05, 0) is 12.1 Å². The second kappa shape index (κ2) is 5.66. The van der Waals surface area contributed by atoms with E-state index in [1.54, 1.807) is 12.1 Å². The molecule has 0 unspecified atom stereocenters. The third kappa shape index (κ3) is 2.88. The number of aromatic amines is 1. The Bertz CT molecular complexity index is 597. The summed E-state index contributed by atoms with van der Waals surface area (Å²) in [7, 11) is 0. The van der Waals surface area contributed by atoms with Gasteiger partial charge in [-0.3, -0.25) is 0 Å². The molecular formula is C12H13ClN4O. The van der Waals surface area contributed by atoms with Crippen molar-refractivity contribution in [3.05, 3.63) is 46.0 Å². The highest BCUT2D eigenvalue weighted by Gasteiger charge is 2.07. The van der Waals surface area contributed by atoms with E-state index in [9.17, 15) is 4.79 Å². The van der Waals surface area contributed by atoms with E-state index in [2.05, 4.69) is 15.3 Å². The molecular weight excluding hydrogens is 252 g/mol. The highest BCUT2D eigenvalue weighted by Crippen LogP contribution is 2.25. The molecule has 0 aliphatic heterocycles. The third-order valence-corrected chi connectivity index (χ3v) is 2.62. The van der Waals surface area contributed by atoms with Gasteiger partial charge in [0.05, 0.1) is 17.6 Å². The number of nitrogens with two attached hydrogens (primary N) is 1. The van der Waals surface area contributed by atoms with Crippen LogP contribution in [0.25, 0.3) is 11.3 Å². The van der Waals surface area contributed by atoms with Crippen LogP contribution in [-0.4, -0.2) is 23.1 Å². The van der Waals surface area contributed by atoms with E-state index in [4.69, 9.17) is 17.3 Å². The molecule has 0 amide bonds. The summed E-state index contributed by atoms with van der Waals surface area (Å²) < 4.78 is 0. The first-order valence-corrected chi connectivity index (χ1v) is 5.87. The summed E-state index contributed by atoms with van der Waals surface area (Å²) in [6.45, 7) is 1.09. The van der Waals surface area contributed by atoms with Crippen molar-refractivity contribution in [2.24, 2.45) is 5.73 Å². The van der Waals surface area contributed by atoms with Gasteiger partial charge < -0.3 is 16.0 Å². The van der Waals surface area contributed by atoms with Gasteiger partial charge in [-0.2, -0.15) is 4.98 Å². The van der Waals surface area contributed by atoms with Crippen LogP contribution in [0.1, 0.15) is 0 Å². The van der Waals surface area contributed by atoms with E-state index >= 15 is 0 Å². The molecule has 4 N–H and O–H groups in total. The van der Waals surface area contributed by atoms with Gasteiger partial charge in [0.1, 0.15) is 0 Å². The fourth-order valence-corrected chi connectivity index (χ4v) is 1.80. The van der Waals surface area contributed by atoms with Crippen LogP contribution >= 0.6 is 11.6 Å². The SMILES string of the molecule is NCCNc1cnc(=O)[nH]c1-c1cccc(Cl)c1. The summed E-state index contributed by atoms with van der Waals surface area (Å²) in [5.74, 6) is 0. The Morgan fingerprint density at radius 3 is 3.00 bits per heavy atom. The maximum absolute atomic E-state index is 11.3. The highest BCUT2D eigenvalue weighted by molar-refractivity contribution is 6.30. The maximum Gasteiger partial charge on any atom is 0.345 e. The quantitative estimate of drug-likeness (QED) is 0.781. The predicted octanol–water partition coefficient (Wildman–Crippen LogP) is 1.46. The number of halogens is 1. The van der Waals surface area contributed by atoms with Gasteiger partial charge in [0, 0.05) is 23.7 Å². The molecule has 0 aliphatic carbocycles. The summed E-state index contributed by atoms with van der Waals surface area (Å²) in [6, 6.07) is 7.24. The smallest absolute Gasteiger partial charge is 0.345 e. The molecule has 1 aromatic heterocycles. The van der Waals surface area contributed by atoms with Gasteiger partial charge in [0.2, 0.25) is 0 Å². The molecule has 1 aromatic carbocycles. The van der Waals surface area contributed by atoms with E-state index in [1.165, 1.54) is 6.20 Å². The molecule has 2 rings (SSSR count). The standard InChI is InChI=1S/C12H13ClN4O/c13-9-3-1-2-8(6-9)11-10(15-5-4-14)7-16-12(18)17-11/h1-3,6-7,15H,4-5,14H2,(H,16,17,18). The first-order chi connectivity index (χ1) is 8.70. The van der Waals surface area contributed by atoms with Gasteiger partial charge in [0.15, 0.2) is 0 Å². The molecule has 1 heterocycles. The molecule has 5 nitrogen and oxygen atoms in total. The molecule has 94 valence electrons. The zero-order valence-electron chi connectivity index (χ0n) is 9.61. The van der Waals surface area contributed by atoms with Crippen molar-refractivity contribution >= 4 is 17.3 Å². The zero-order valence-corrected chi connectivity index (χ0v) is 10.4. The monoisotopic (exact) mass is 264 g/mol. The first kappa shape index (κ1) is 12.6. The molecule has 0 saturated heterocycles. The van der Waals surface area contributed by atoms with Gasteiger partial charge in [-0.15, -0.1) is 0 Å². The van der Waals surface area contributed by atoms with E-state index < -0.39 is 5.69 Å². The summed E-state index contributed by atoms with van der Waals surface area (Å²) in [6.07, 6.45) is 1.49. The van der Waals surface area contributed by atoms with Crippen molar-refractivity contribution in [3.63, 3.8) is 0 Å². The highest BCUT2D eigenvalue weighted by atomic mass is 35.5. The minimum absolute atomic E-state index is 0.400. The van der Waals surface area contributed by atoms with Crippen LogP contribution in [-0.2, 0) is 0 Å². The van der Waals surface area contributed by atoms with Gasteiger partial charge in [0.25, 0.3) is 0 Å². The Hall–Kier alpha value is -1.85. The average molecular weight is 265 g/mol. The van der Waals surface area contributed by atoms with Crippen molar-refractivity contribution < 1.29 is 0 Å². The van der Waals surface area contributed by atoms with Crippen LogP contribution in [0.15, 0.2) is 35.3 Å². The first-order valence-electron chi connectivity index (χ1n) is 5.50. The normalized spacial score (nSPS) is 10.3. The average Bonchev–Trinajstić information content (AvgIpc) is 2.37. The number of H-pyrrole nitrogens is 1. The third-order valence-electron chi connectivity index (χ3n) is 2.39. The van der Waals surface area contributed by atoms with Crippen molar-refractivity contribution in [3.8, 4) is 11.3 Å². The molecule has 0 saturated carbocycles. The number of aromatic nitrogens is 2.